The van der Waals surface area contributed by atoms with Crippen molar-refractivity contribution >= 4 is 0 Å². The van der Waals surface area contributed by atoms with Gasteiger partial charge in [-0.25, -0.2) is 0 Å². The molecule has 2 saturated carbocycles. The molecule has 2 atom stereocenters. The summed E-state index contributed by atoms with van der Waals surface area (Å²) in [6, 6.07) is 8.18. The highest BCUT2D eigenvalue weighted by atomic mass is 16.5. The van der Waals surface area contributed by atoms with E-state index < -0.39 is 0 Å². The number of benzene rings is 1. The lowest BCUT2D eigenvalue weighted by atomic mass is 10.1. The van der Waals surface area contributed by atoms with Gasteiger partial charge in [-0.15, -0.1) is 0 Å². The smallest absolute Gasteiger partial charge is 0.230 e. The zero-order valence-corrected chi connectivity index (χ0v) is 10.9. The number of ether oxygens (including phenoxy) is 1. The maximum absolute atomic E-state index is 5.42. The number of nitrogens with zero attached hydrogens (tertiary/aromatic N) is 2. The number of hydrogen-bond donors (Lipinski definition) is 0. The van der Waals surface area contributed by atoms with Crippen LogP contribution in [0.1, 0.15) is 54.3 Å². The largest absolute Gasteiger partial charge is 0.496 e. The normalized spacial score (nSPS) is 25.3. The average Bonchev–Trinajstić information content (AvgIpc) is 3.38. The van der Waals surface area contributed by atoms with Gasteiger partial charge in [0.1, 0.15) is 5.75 Å². The molecule has 98 valence electrons. The van der Waals surface area contributed by atoms with Crippen molar-refractivity contribution in [2.24, 2.45) is 0 Å². The average molecular weight is 256 g/mol. The zero-order valence-electron chi connectivity index (χ0n) is 10.9. The molecule has 19 heavy (non-hydrogen) atoms. The number of hydrogen-bond acceptors (Lipinski definition) is 4. The monoisotopic (exact) mass is 256 g/mol. The fourth-order valence-electron chi connectivity index (χ4n) is 2.69. The molecule has 0 amide bonds. The van der Waals surface area contributed by atoms with Crippen LogP contribution in [0.4, 0.5) is 0 Å². The SMILES string of the molecule is COc1ccccc1[C@@H]1C[C@@H]1c1nc(C2CC2)no1. The molecule has 0 N–H and O–H groups in total. The van der Waals surface area contributed by atoms with E-state index in [-0.39, 0.29) is 0 Å². The molecule has 2 aliphatic rings. The van der Waals surface area contributed by atoms with E-state index in [4.69, 9.17) is 9.26 Å². The lowest BCUT2D eigenvalue weighted by Gasteiger charge is -2.06. The van der Waals surface area contributed by atoms with Crippen LogP contribution in [0.3, 0.4) is 0 Å². The Bertz CT molecular complexity index is 604. The minimum Gasteiger partial charge on any atom is -0.496 e. The van der Waals surface area contributed by atoms with E-state index in [0.29, 0.717) is 17.8 Å². The first kappa shape index (κ1) is 11.0. The van der Waals surface area contributed by atoms with E-state index in [9.17, 15) is 0 Å². The molecule has 1 aromatic carbocycles. The molecule has 2 aliphatic carbocycles. The summed E-state index contributed by atoms with van der Waals surface area (Å²) in [5, 5.41) is 4.09. The maximum Gasteiger partial charge on any atom is 0.230 e. The molecule has 2 fully saturated rings. The minimum absolute atomic E-state index is 0.372. The summed E-state index contributed by atoms with van der Waals surface area (Å²) in [4.78, 5) is 4.55. The molecule has 0 spiro atoms. The lowest BCUT2D eigenvalue weighted by molar-refractivity contribution is 0.372. The first-order valence-corrected chi connectivity index (χ1v) is 6.83. The van der Waals surface area contributed by atoms with Crippen molar-refractivity contribution in [3.8, 4) is 5.75 Å². The Kier molecular flexibility index (Phi) is 2.37. The van der Waals surface area contributed by atoms with E-state index in [0.717, 1.165) is 23.9 Å². The Labute approximate surface area is 111 Å². The van der Waals surface area contributed by atoms with Crippen LogP contribution in [0.5, 0.6) is 5.75 Å². The van der Waals surface area contributed by atoms with Gasteiger partial charge >= 0.3 is 0 Å². The predicted octanol–water partition coefficient (Wildman–Crippen LogP) is 3.23. The summed E-state index contributed by atoms with van der Waals surface area (Å²) in [7, 11) is 1.72. The maximum atomic E-state index is 5.42. The van der Waals surface area contributed by atoms with Gasteiger partial charge in [0.05, 0.1) is 7.11 Å². The van der Waals surface area contributed by atoms with Gasteiger partial charge in [-0.1, -0.05) is 23.4 Å². The second-order valence-corrected chi connectivity index (χ2v) is 5.46. The highest BCUT2D eigenvalue weighted by Crippen LogP contribution is 2.56. The number of rotatable bonds is 4. The quantitative estimate of drug-likeness (QED) is 0.842. The van der Waals surface area contributed by atoms with Crippen molar-refractivity contribution < 1.29 is 9.26 Å². The summed E-state index contributed by atoms with van der Waals surface area (Å²) >= 11 is 0. The summed E-state index contributed by atoms with van der Waals surface area (Å²) in [6.07, 6.45) is 3.49. The molecule has 4 nitrogen and oxygen atoms in total. The van der Waals surface area contributed by atoms with E-state index in [1.807, 2.05) is 12.1 Å². The molecule has 0 aliphatic heterocycles. The van der Waals surface area contributed by atoms with Crippen LogP contribution in [-0.2, 0) is 0 Å². The number of aromatic nitrogens is 2. The highest BCUT2D eigenvalue weighted by Gasteiger charge is 2.45. The van der Waals surface area contributed by atoms with E-state index in [2.05, 4.69) is 22.3 Å². The van der Waals surface area contributed by atoms with Gasteiger partial charge in [-0.3, -0.25) is 0 Å². The zero-order chi connectivity index (χ0) is 12.8. The lowest BCUT2D eigenvalue weighted by Crippen LogP contribution is -1.91. The Morgan fingerprint density at radius 1 is 1.21 bits per heavy atom. The van der Waals surface area contributed by atoms with Gasteiger partial charge in [0, 0.05) is 11.8 Å². The van der Waals surface area contributed by atoms with E-state index in [1.165, 1.54) is 18.4 Å². The third kappa shape index (κ3) is 1.91. The van der Waals surface area contributed by atoms with Gasteiger partial charge in [-0.2, -0.15) is 4.98 Å². The minimum atomic E-state index is 0.372. The van der Waals surface area contributed by atoms with Crippen LogP contribution < -0.4 is 4.74 Å². The van der Waals surface area contributed by atoms with Crippen LogP contribution in [0.15, 0.2) is 28.8 Å². The molecule has 2 aromatic rings. The van der Waals surface area contributed by atoms with Gasteiger partial charge in [0.2, 0.25) is 5.89 Å². The van der Waals surface area contributed by atoms with Gasteiger partial charge < -0.3 is 9.26 Å². The Hall–Kier alpha value is -1.84. The Morgan fingerprint density at radius 2 is 2.05 bits per heavy atom. The molecular weight excluding hydrogens is 240 g/mol. The Balaban J connectivity index is 1.55. The van der Waals surface area contributed by atoms with Gasteiger partial charge in [0.15, 0.2) is 5.82 Å². The van der Waals surface area contributed by atoms with Gasteiger partial charge in [0.25, 0.3) is 0 Å². The number of methoxy groups -OCH3 is 1. The summed E-state index contributed by atoms with van der Waals surface area (Å²) in [5.41, 5.74) is 1.25. The summed E-state index contributed by atoms with van der Waals surface area (Å²) < 4.78 is 10.8. The molecule has 0 radical (unpaired) electrons. The van der Waals surface area contributed by atoms with E-state index >= 15 is 0 Å². The third-order valence-corrected chi connectivity index (χ3v) is 4.05. The Morgan fingerprint density at radius 3 is 2.84 bits per heavy atom. The molecule has 4 heteroatoms. The van der Waals surface area contributed by atoms with Crippen molar-refractivity contribution in [3.63, 3.8) is 0 Å². The van der Waals surface area contributed by atoms with E-state index in [1.54, 1.807) is 7.11 Å². The van der Waals surface area contributed by atoms with Crippen LogP contribution in [0, 0.1) is 0 Å². The van der Waals surface area contributed by atoms with Crippen LogP contribution in [-0.4, -0.2) is 17.3 Å². The predicted molar refractivity (Wildman–Crippen MR) is 69.4 cm³/mol. The molecule has 0 saturated heterocycles. The molecular formula is C15H16N2O2. The molecule has 0 unspecified atom stereocenters. The second-order valence-electron chi connectivity index (χ2n) is 5.46. The fraction of sp³-hybridized carbons (Fsp3) is 0.467. The molecule has 4 rings (SSSR count). The standard InChI is InChI=1S/C15H16N2O2/c1-18-13-5-3-2-4-10(13)11-8-12(11)15-16-14(17-19-15)9-6-7-9/h2-5,9,11-12H,6-8H2,1H3/t11-,12-/m0/s1. The van der Waals surface area contributed by atoms with Crippen molar-refractivity contribution in [1.29, 1.82) is 0 Å². The first-order valence-electron chi connectivity index (χ1n) is 6.83. The topological polar surface area (TPSA) is 48.2 Å². The third-order valence-electron chi connectivity index (χ3n) is 4.05. The van der Waals surface area contributed by atoms with Crippen molar-refractivity contribution in [2.45, 2.75) is 37.0 Å². The summed E-state index contributed by atoms with van der Waals surface area (Å²) in [6.45, 7) is 0. The number of para-hydroxylation sites is 1. The summed E-state index contributed by atoms with van der Waals surface area (Å²) in [5.74, 6) is 4.05. The van der Waals surface area contributed by atoms with Crippen LogP contribution >= 0.6 is 0 Å². The van der Waals surface area contributed by atoms with Crippen molar-refractivity contribution in [3.05, 3.63) is 41.5 Å². The second kappa shape index (κ2) is 4.08. The van der Waals surface area contributed by atoms with Crippen molar-refractivity contribution in [2.75, 3.05) is 7.11 Å². The van der Waals surface area contributed by atoms with Crippen LogP contribution in [0.25, 0.3) is 0 Å². The molecule has 0 bridgehead atoms. The fourth-order valence-corrected chi connectivity index (χ4v) is 2.69. The highest BCUT2D eigenvalue weighted by molar-refractivity contribution is 5.41. The van der Waals surface area contributed by atoms with Crippen LogP contribution in [0.2, 0.25) is 0 Å². The van der Waals surface area contributed by atoms with Gasteiger partial charge in [-0.05, 0) is 36.8 Å². The first-order chi connectivity index (χ1) is 9.36. The van der Waals surface area contributed by atoms with Crippen molar-refractivity contribution in [1.82, 2.24) is 10.1 Å². The molecule has 1 aromatic heterocycles. The molecule has 1 heterocycles.